The lowest BCUT2D eigenvalue weighted by atomic mass is 10.8. The Kier molecular flexibility index (Phi) is 3.87. The minimum Gasteiger partial charge on any atom is -0.549 e. The Hall–Kier alpha value is -0.710. The predicted octanol–water partition coefficient (Wildman–Crippen LogP) is -2.78. The molecule has 5 heteroatoms. The highest BCUT2D eigenvalue weighted by atomic mass is 32.2. The van der Waals surface area contributed by atoms with Crippen LogP contribution in [-0.4, -0.2) is 23.4 Å². The second kappa shape index (κ2) is 4.20. The van der Waals surface area contributed by atoms with Crippen molar-refractivity contribution < 1.29 is 19.8 Å². The molecule has 0 rings (SSSR count). The van der Waals surface area contributed by atoms with E-state index in [9.17, 15) is 19.8 Å². The molecule has 0 aliphatic heterocycles. The standard InChI is InChI=1S/C4H6O4S/c5-3(6)1-9-2-4(7)8/h1-2H2,(H,5,6)(H,7,8)/p-2. The molecule has 0 radical (unpaired) electrons. The van der Waals surface area contributed by atoms with Crippen LogP contribution in [0, 0.1) is 0 Å². The summed E-state index contributed by atoms with van der Waals surface area (Å²) in [6.45, 7) is 0. The second-order valence-corrected chi connectivity index (χ2v) is 2.22. The van der Waals surface area contributed by atoms with Crippen LogP contribution < -0.4 is 10.2 Å². The average molecular weight is 148 g/mol. The van der Waals surface area contributed by atoms with Gasteiger partial charge in [-0.1, -0.05) is 0 Å². The first-order valence-electron chi connectivity index (χ1n) is 2.10. The highest BCUT2D eigenvalue weighted by Gasteiger charge is 1.87. The van der Waals surface area contributed by atoms with Gasteiger partial charge in [0, 0.05) is 11.5 Å². The largest absolute Gasteiger partial charge is 0.549 e. The van der Waals surface area contributed by atoms with E-state index in [0.717, 1.165) is 11.8 Å². The fourth-order valence-electron chi connectivity index (χ4n) is 0.218. The highest BCUT2D eigenvalue weighted by Crippen LogP contribution is 1.94. The van der Waals surface area contributed by atoms with E-state index in [2.05, 4.69) is 0 Å². The molecule has 0 N–H and O–H groups in total. The molecule has 0 amide bonds. The number of thioether (sulfide) groups is 1. The molecular weight excluding hydrogens is 144 g/mol. The number of rotatable bonds is 4. The van der Waals surface area contributed by atoms with Crippen molar-refractivity contribution in [2.24, 2.45) is 0 Å². The van der Waals surface area contributed by atoms with E-state index in [1.165, 1.54) is 0 Å². The van der Waals surface area contributed by atoms with E-state index >= 15 is 0 Å². The third-order valence-electron chi connectivity index (χ3n) is 0.440. The van der Waals surface area contributed by atoms with Crippen molar-refractivity contribution in [3.8, 4) is 0 Å². The third-order valence-corrected chi connectivity index (χ3v) is 1.32. The van der Waals surface area contributed by atoms with Crippen LogP contribution >= 0.6 is 11.8 Å². The molecule has 4 nitrogen and oxygen atoms in total. The molecule has 0 spiro atoms. The van der Waals surface area contributed by atoms with Crippen LogP contribution in [0.4, 0.5) is 0 Å². The number of aliphatic carboxylic acids is 2. The number of carboxylic acids is 2. The Morgan fingerprint density at radius 3 is 1.67 bits per heavy atom. The monoisotopic (exact) mass is 148 g/mol. The van der Waals surface area contributed by atoms with Gasteiger partial charge in [-0.05, 0) is 0 Å². The van der Waals surface area contributed by atoms with Gasteiger partial charge in [-0.25, -0.2) is 0 Å². The minimum absolute atomic E-state index is 0.298. The molecule has 0 aromatic carbocycles. The Labute approximate surface area is 55.9 Å². The Balaban J connectivity index is 3.10. The molecule has 0 aromatic rings. The number of hydrogen-bond donors (Lipinski definition) is 0. The number of carbonyl (C=O) groups is 2. The first-order chi connectivity index (χ1) is 4.13. The molecule has 0 saturated carbocycles. The summed E-state index contributed by atoms with van der Waals surface area (Å²) in [7, 11) is 0. The predicted molar refractivity (Wildman–Crippen MR) is 27.3 cm³/mol. The Morgan fingerprint density at radius 1 is 1.11 bits per heavy atom. The van der Waals surface area contributed by atoms with E-state index in [1.807, 2.05) is 0 Å². The third kappa shape index (κ3) is 7.29. The molecule has 0 aliphatic rings. The van der Waals surface area contributed by atoms with Crippen molar-refractivity contribution in [3.05, 3.63) is 0 Å². The van der Waals surface area contributed by atoms with Crippen molar-refractivity contribution in [2.75, 3.05) is 11.5 Å². The van der Waals surface area contributed by atoms with Crippen molar-refractivity contribution in [1.82, 2.24) is 0 Å². The summed E-state index contributed by atoms with van der Waals surface area (Å²) in [6, 6.07) is 0. The molecule has 0 aliphatic carbocycles. The van der Waals surface area contributed by atoms with Crippen LogP contribution in [0.2, 0.25) is 0 Å². The minimum atomic E-state index is -1.26. The quantitative estimate of drug-likeness (QED) is 0.431. The van der Waals surface area contributed by atoms with Gasteiger partial charge in [0.15, 0.2) is 0 Å². The van der Waals surface area contributed by atoms with Gasteiger partial charge in [0.25, 0.3) is 0 Å². The van der Waals surface area contributed by atoms with Gasteiger partial charge in [-0.15, -0.1) is 11.8 Å². The first-order valence-corrected chi connectivity index (χ1v) is 3.26. The van der Waals surface area contributed by atoms with Gasteiger partial charge >= 0.3 is 0 Å². The molecule has 9 heavy (non-hydrogen) atoms. The fraction of sp³-hybridized carbons (Fsp3) is 0.500. The number of carbonyl (C=O) groups excluding carboxylic acids is 2. The van der Waals surface area contributed by atoms with Gasteiger partial charge in [0.2, 0.25) is 0 Å². The van der Waals surface area contributed by atoms with Gasteiger partial charge < -0.3 is 19.8 Å². The molecule has 0 aromatic heterocycles. The zero-order chi connectivity index (χ0) is 7.28. The highest BCUT2D eigenvalue weighted by molar-refractivity contribution is 8.00. The molecule has 52 valence electrons. The summed E-state index contributed by atoms with van der Waals surface area (Å²) in [6.07, 6.45) is 0. The number of carboxylic acid groups (broad SMARTS) is 2. The molecular formula is C4H4O4S-2. The van der Waals surface area contributed by atoms with Crippen LogP contribution in [0.3, 0.4) is 0 Å². The summed E-state index contributed by atoms with van der Waals surface area (Å²) in [4.78, 5) is 19.3. The maximum atomic E-state index is 9.64. The van der Waals surface area contributed by atoms with Crippen molar-refractivity contribution in [2.45, 2.75) is 0 Å². The van der Waals surface area contributed by atoms with Gasteiger partial charge in [-0.2, -0.15) is 0 Å². The van der Waals surface area contributed by atoms with E-state index in [4.69, 9.17) is 0 Å². The van der Waals surface area contributed by atoms with Crippen LogP contribution in [-0.2, 0) is 9.59 Å². The van der Waals surface area contributed by atoms with Crippen LogP contribution in [0.25, 0.3) is 0 Å². The van der Waals surface area contributed by atoms with Crippen LogP contribution in [0.1, 0.15) is 0 Å². The summed E-state index contributed by atoms with van der Waals surface area (Å²) in [5.41, 5.74) is 0. The molecule has 0 fully saturated rings. The lowest BCUT2D eigenvalue weighted by molar-refractivity contribution is -0.301. The zero-order valence-corrected chi connectivity index (χ0v) is 5.27. The Bertz CT molecular complexity index is 108. The Morgan fingerprint density at radius 2 is 1.44 bits per heavy atom. The summed E-state index contributed by atoms with van der Waals surface area (Å²) in [5.74, 6) is -3.12. The summed E-state index contributed by atoms with van der Waals surface area (Å²) >= 11 is 0.745. The lowest BCUT2D eigenvalue weighted by Crippen LogP contribution is -2.28. The second-order valence-electron chi connectivity index (χ2n) is 1.24. The molecule has 0 saturated heterocycles. The van der Waals surface area contributed by atoms with E-state index in [0.29, 0.717) is 0 Å². The summed E-state index contributed by atoms with van der Waals surface area (Å²) < 4.78 is 0. The average Bonchev–Trinajstić information content (AvgIpc) is 1.63. The van der Waals surface area contributed by atoms with E-state index in [1.54, 1.807) is 0 Å². The molecule has 0 heterocycles. The molecule has 0 atom stereocenters. The topological polar surface area (TPSA) is 80.3 Å². The van der Waals surface area contributed by atoms with Gasteiger partial charge in [0.05, 0.1) is 11.9 Å². The van der Waals surface area contributed by atoms with Crippen molar-refractivity contribution in [3.63, 3.8) is 0 Å². The normalized spacial score (nSPS) is 8.89. The maximum Gasteiger partial charge on any atom is 0.0513 e. The fourth-order valence-corrected chi connectivity index (χ4v) is 0.653. The van der Waals surface area contributed by atoms with Crippen molar-refractivity contribution >= 4 is 23.7 Å². The zero-order valence-electron chi connectivity index (χ0n) is 4.46. The lowest BCUT2D eigenvalue weighted by Gasteiger charge is -2.01. The maximum absolute atomic E-state index is 9.64. The van der Waals surface area contributed by atoms with Gasteiger partial charge in [-0.3, -0.25) is 0 Å². The molecule has 0 bridgehead atoms. The summed E-state index contributed by atoms with van der Waals surface area (Å²) in [5, 5.41) is 19.3. The number of hydrogen-bond acceptors (Lipinski definition) is 5. The van der Waals surface area contributed by atoms with Crippen LogP contribution in [0.15, 0.2) is 0 Å². The molecule has 0 unspecified atom stereocenters. The SMILES string of the molecule is O=C([O-])CSCC(=O)[O-]. The van der Waals surface area contributed by atoms with E-state index in [-0.39, 0.29) is 11.5 Å². The van der Waals surface area contributed by atoms with Crippen molar-refractivity contribution in [1.29, 1.82) is 0 Å². The van der Waals surface area contributed by atoms with Gasteiger partial charge in [0.1, 0.15) is 0 Å². The van der Waals surface area contributed by atoms with E-state index < -0.39 is 11.9 Å². The van der Waals surface area contributed by atoms with Crippen LogP contribution in [0.5, 0.6) is 0 Å². The first kappa shape index (κ1) is 8.29. The smallest absolute Gasteiger partial charge is 0.0513 e.